The second-order valence-electron chi connectivity index (χ2n) is 9.67. The van der Waals surface area contributed by atoms with Gasteiger partial charge in [-0.15, -0.1) is 0 Å². The highest BCUT2D eigenvalue weighted by Gasteiger charge is 2.26. The first kappa shape index (κ1) is 30.4. The number of ketones is 1. The van der Waals surface area contributed by atoms with Crippen LogP contribution in [0.2, 0.25) is 5.02 Å². The molecule has 0 unspecified atom stereocenters. The Morgan fingerprint density at radius 1 is 0.698 bits per heavy atom. The lowest BCUT2D eigenvalue weighted by molar-refractivity contribution is -0.134. The van der Waals surface area contributed by atoms with Gasteiger partial charge >= 0.3 is 17.9 Å². The molecule has 3 aromatic rings. The van der Waals surface area contributed by atoms with Crippen molar-refractivity contribution >= 4 is 52.2 Å². The van der Waals surface area contributed by atoms with Crippen LogP contribution >= 0.6 is 11.6 Å². The smallest absolute Gasteiger partial charge is 0.339 e. The van der Waals surface area contributed by atoms with Gasteiger partial charge in [-0.3, -0.25) is 4.79 Å². The molecule has 0 aromatic heterocycles. The zero-order valence-electron chi connectivity index (χ0n) is 22.8. The highest BCUT2D eigenvalue weighted by Crippen LogP contribution is 2.40. The summed E-state index contributed by atoms with van der Waals surface area (Å²) in [5.41, 5.74) is 0.675. The topological polar surface area (TPSA) is 194 Å². The summed E-state index contributed by atoms with van der Waals surface area (Å²) in [6, 6.07) is 9.78. The molecule has 3 aromatic carbocycles. The average Bonchev–Trinajstić information content (AvgIpc) is 2.93. The van der Waals surface area contributed by atoms with Crippen molar-refractivity contribution in [3.63, 3.8) is 0 Å². The molecule has 43 heavy (non-hydrogen) atoms. The van der Waals surface area contributed by atoms with Gasteiger partial charge in [0, 0.05) is 10.6 Å². The lowest BCUT2D eigenvalue weighted by atomic mass is 9.85. The molecule has 0 spiro atoms. The van der Waals surface area contributed by atoms with Crippen molar-refractivity contribution in [1.82, 2.24) is 0 Å². The van der Waals surface area contributed by atoms with Crippen molar-refractivity contribution in [2.24, 2.45) is 10.2 Å². The number of benzene rings is 3. The van der Waals surface area contributed by atoms with E-state index in [-0.39, 0.29) is 60.9 Å². The predicted octanol–water partition coefficient (Wildman–Crippen LogP) is 6.52. The molecule has 4 rings (SSSR count). The lowest BCUT2D eigenvalue weighted by Gasteiger charge is -2.19. The fraction of sp³-hybridized carbons (Fsp3) is 0.0968. The molecule has 0 atom stereocenters. The Hall–Kier alpha value is -5.55. The van der Waals surface area contributed by atoms with Gasteiger partial charge in [0.05, 0.1) is 11.4 Å². The number of aromatic carboxylic acids is 2. The first-order valence-corrected chi connectivity index (χ1v) is 12.9. The molecule has 0 saturated heterocycles. The van der Waals surface area contributed by atoms with Crippen LogP contribution in [-0.2, 0) is 9.59 Å². The van der Waals surface area contributed by atoms with Crippen LogP contribution in [0.1, 0.15) is 49.9 Å². The minimum atomic E-state index is -1.46. The van der Waals surface area contributed by atoms with Crippen LogP contribution < -0.4 is 0 Å². The number of hydrogen-bond donors (Lipinski definition) is 5. The number of Topliss-reactive ketones (excluding diaryl/α,β-unsaturated/α-hetero) is 1. The highest BCUT2D eigenvalue weighted by atomic mass is 35.5. The molecule has 1 aliphatic carbocycles. The van der Waals surface area contributed by atoms with Gasteiger partial charge in [-0.25, -0.2) is 14.4 Å². The molecule has 12 heteroatoms. The van der Waals surface area contributed by atoms with E-state index in [0.29, 0.717) is 0 Å². The van der Waals surface area contributed by atoms with Crippen molar-refractivity contribution < 1.29 is 44.7 Å². The van der Waals surface area contributed by atoms with Crippen LogP contribution in [0.5, 0.6) is 11.5 Å². The van der Waals surface area contributed by atoms with Crippen LogP contribution in [0.15, 0.2) is 81.6 Å². The van der Waals surface area contributed by atoms with Crippen LogP contribution in [0, 0.1) is 13.8 Å². The minimum absolute atomic E-state index is 0.116. The van der Waals surface area contributed by atoms with E-state index >= 15 is 0 Å². The second-order valence-corrected chi connectivity index (χ2v) is 10.1. The molecule has 0 fully saturated rings. The van der Waals surface area contributed by atoms with Gasteiger partial charge in [0.25, 0.3) is 0 Å². The van der Waals surface area contributed by atoms with Gasteiger partial charge < -0.3 is 25.5 Å². The van der Waals surface area contributed by atoms with Crippen molar-refractivity contribution in [3.05, 3.63) is 110 Å². The Balaban J connectivity index is 1.99. The molecule has 0 radical (unpaired) electrons. The van der Waals surface area contributed by atoms with E-state index in [1.165, 1.54) is 63.2 Å². The zero-order chi connectivity index (χ0) is 31.7. The molecular weight excluding hydrogens is 580 g/mol. The number of carboxylic acids is 3. The van der Waals surface area contributed by atoms with E-state index in [4.69, 9.17) is 11.6 Å². The molecule has 0 bridgehead atoms. The zero-order valence-corrected chi connectivity index (χ0v) is 23.6. The number of aromatic hydroxyl groups is 2. The van der Waals surface area contributed by atoms with Crippen molar-refractivity contribution in [2.45, 2.75) is 20.8 Å². The normalized spacial score (nSPS) is 14.4. The Morgan fingerprint density at radius 2 is 1.26 bits per heavy atom. The van der Waals surface area contributed by atoms with Gasteiger partial charge in [-0.05, 0) is 109 Å². The molecule has 1 aliphatic rings. The van der Waals surface area contributed by atoms with Gasteiger partial charge in [0.2, 0.25) is 0 Å². The first-order chi connectivity index (χ1) is 20.2. The number of phenols is 2. The summed E-state index contributed by atoms with van der Waals surface area (Å²) in [6.45, 7) is 4.45. The maximum atomic E-state index is 12.5. The SMILES string of the molecule is CC1=C/C(=C(/c2cc(C)c(O)c(C(=O)O)c2)c2cc(N=Nc3cc(C)c(O)c(C(=O)O)c3)ccc2Cl)C=C(C(=O)O)C1=O. The van der Waals surface area contributed by atoms with E-state index in [1.54, 1.807) is 0 Å². The van der Waals surface area contributed by atoms with E-state index in [2.05, 4.69) is 10.2 Å². The predicted molar refractivity (Wildman–Crippen MR) is 156 cm³/mol. The summed E-state index contributed by atoms with van der Waals surface area (Å²) < 4.78 is 0. The summed E-state index contributed by atoms with van der Waals surface area (Å²) in [5, 5.41) is 57.6. The van der Waals surface area contributed by atoms with Crippen LogP contribution in [-0.4, -0.2) is 49.2 Å². The molecule has 5 N–H and O–H groups in total. The number of hydrogen-bond acceptors (Lipinski definition) is 8. The van der Waals surface area contributed by atoms with Crippen LogP contribution in [0.4, 0.5) is 11.4 Å². The Labute approximate surface area is 249 Å². The highest BCUT2D eigenvalue weighted by molar-refractivity contribution is 6.33. The summed E-state index contributed by atoms with van der Waals surface area (Å²) in [7, 11) is 0. The number of azo groups is 1. The van der Waals surface area contributed by atoms with Gasteiger partial charge in [0.15, 0.2) is 5.78 Å². The Kier molecular flexibility index (Phi) is 8.31. The van der Waals surface area contributed by atoms with Gasteiger partial charge in [0.1, 0.15) is 28.2 Å². The number of rotatable bonds is 7. The summed E-state index contributed by atoms with van der Waals surface area (Å²) in [4.78, 5) is 47.8. The molecule has 0 saturated carbocycles. The number of carbonyl (C=O) groups excluding carboxylic acids is 1. The van der Waals surface area contributed by atoms with Crippen LogP contribution in [0.25, 0.3) is 5.57 Å². The number of aliphatic carboxylic acids is 1. The molecule has 11 nitrogen and oxygen atoms in total. The first-order valence-electron chi connectivity index (χ1n) is 12.5. The van der Waals surface area contributed by atoms with E-state index in [9.17, 15) is 44.7 Å². The maximum absolute atomic E-state index is 12.5. The summed E-state index contributed by atoms with van der Waals surface area (Å²) >= 11 is 6.62. The van der Waals surface area contributed by atoms with E-state index < -0.39 is 46.3 Å². The standard InChI is InChI=1S/C31H23ClN2O9/c1-13-6-16(9-21(26(13)35)29(38)39)25(17-7-14(2)27(36)22(10-17)30(40)41)20-11-18(4-5-24(20)32)33-34-19-8-15(3)28(37)23(12-19)31(42)43/h4-12,35,37H,1-3H3,(H,38,39)(H,40,41)(H,42,43)/b25-17+,34-33?. The van der Waals surface area contributed by atoms with Crippen molar-refractivity contribution in [1.29, 1.82) is 0 Å². The van der Waals surface area contributed by atoms with Gasteiger partial charge in [-0.2, -0.15) is 10.2 Å². The third-order valence-electron chi connectivity index (χ3n) is 6.63. The fourth-order valence-electron chi connectivity index (χ4n) is 4.51. The molecule has 218 valence electrons. The number of nitrogens with zero attached hydrogens (tertiary/aromatic N) is 2. The summed E-state index contributed by atoms with van der Waals surface area (Å²) in [5.74, 6) is -5.76. The molecule has 0 amide bonds. The average molecular weight is 603 g/mol. The minimum Gasteiger partial charge on any atom is -0.507 e. The monoisotopic (exact) mass is 602 g/mol. The lowest BCUT2D eigenvalue weighted by Crippen LogP contribution is -2.17. The van der Waals surface area contributed by atoms with E-state index in [0.717, 1.165) is 12.1 Å². The van der Waals surface area contributed by atoms with Crippen molar-refractivity contribution in [3.8, 4) is 11.5 Å². The van der Waals surface area contributed by atoms with Gasteiger partial charge in [-0.1, -0.05) is 11.6 Å². The number of carbonyl (C=O) groups is 4. The molecule has 0 heterocycles. The molecular formula is C31H23ClN2O9. The molecule has 0 aliphatic heterocycles. The van der Waals surface area contributed by atoms with Crippen LogP contribution in [0.3, 0.4) is 0 Å². The number of halogens is 1. The third-order valence-corrected chi connectivity index (χ3v) is 6.96. The number of carboxylic acid groups (broad SMARTS) is 3. The Bertz CT molecular complexity index is 1880. The number of allylic oxidation sites excluding steroid dienone is 4. The fourth-order valence-corrected chi connectivity index (χ4v) is 4.72. The maximum Gasteiger partial charge on any atom is 0.339 e. The van der Waals surface area contributed by atoms with E-state index in [1.807, 2.05) is 0 Å². The second kappa shape index (κ2) is 11.7. The third kappa shape index (κ3) is 6.07. The van der Waals surface area contributed by atoms with Crippen molar-refractivity contribution in [2.75, 3.05) is 0 Å². The number of aryl methyl sites for hydroxylation is 2. The summed E-state index contributed by atoms with van der Waals surface area (Å²) in [6.07, 6.45) is 2.61. The Morgan fingerprint density at radius 3 is 1.86 bits per heavy atom. The largest absolute Gasteiger partial charge is 0.507 e. The quantitative estimate of drug-likeness (QED) is 0.148.